The van der Waals surface area contributed by atoms with Crippen molar-refractivity contribution in [2.24, 2.45) is 0 Å². The molecule has 17 heavy (non-hydrogen) atoms. The van der Waals surface area contributed by atoms with Crippen molar-refractivity contribution in [3.05, 3.63) is 0 Å². The highest BCUT2D eigenvalue weighted by Crippen LogP contribution is 2.15. The molecule has 0 radical (unpaired) electrons. The summed E-state index contributed by atoms with van der Waals surface area (Å²) in [5.41, 5.74) is -2.74. The molecule has 0 heterocycles. The molecule has 10 heteroatoms. The predicted molar refractivity (Wildman–Crippen MR) is 53.0 cm³/mol. The minimum atomic E-state index is -2.74. The maximum absolute atomic E-state index is 10.3. The van der Waals surface area contributed by atoms with Crippen LogP contribution in [0.15, 0.2) is 0 Å². The summed E-state index contributed by atoms with van der Waals surface area (Å²) < 4.78 is 0. The lowest BCUT2D eigenvalue weighted by atomic mass is 9.96. The molecule has 100 valence electrons. The molecule has 0 spiro atoms. The van der Waals surface area contributed by atoms with Crippen LogP contribution in [0.4, 0.5) is 0 Å². The van der Waals surface area contributed by atoms with Crippen LogP contribution in [0.3, 0.4) is 0 Å². The highest BCUT2D eigenvalue weighted by atomic mass is 35.5. The van der Waals surface area contributed by atoms with Gasteiger partial charge in [-0.2, -0.15) is 0 Å². The van der Waals surface area contributed by atoms with Crippen LogP contribution in [-0.4, -0.2) is 55.5 Å². The number of carboxylic acids is 3. The Morgan fingerprint density at radius 2 is 1.24 bits per heavy atom. The summed E-state index contributed by atoms with van der Waals surface area (Å²) >= 11 is 0. The first-order valence-corrected chi connectivity index (χ1v) is 3.66. The van der Waals surface area contributed by atoms with Crippen LogP contribution >= 0.6 is 12.4 Å². The average molecular weight is 275 g/mol. The zero-order chi connectivity index (χ0) is 13.4. The zero-order valence-electron chi connectivity index (χ0n) is 8.27. The van der Waals surface area contributed by atoms with Crippen LogP contribution in [0.1, 0.15) is 12.8 Å². The Balaban J connectivity index is -0.000000440. The van der Waals surface area contributed by atoms with Gasteiger partial charge in [-0.05, 0) is 0 Å². The second-order valence-corrected chi connectivity index (χ2v) is 2.58. The van der Waals surface area contributed by atoms with Gasteiger partial charge in [0.05, 0.1) is 12.8 Å². The molecule has 0 aromatic carbocycles. The summed E-state index contributed by atoms with van der Waals surface area (Å²) in [6, 6.07) is 0. The number of aliphatic hydroxyl groups is 1. The van der Waals surface area contributed by atoms with Gasteiger partial charge in [-0.3, -0.25) is 14.4 Å². The lowest BCUT2D eigenvalue weighted by Crippen LogP contribution is -2.42. The number of rotatable bonds is 5. The minimum Gasteiger partial charge on any atom is -0.483 e. The van der Waals surface area contributed by atoms with Gasteiger partial charge in [0.1, 0.15) is 0 Å². The standard InChI is InChI=1S/C6H8O7.CH2O2.ClH/c7-3(8)1-6(13,5(11)12)2-4(9)10;2-1-3;/h13H,1-2H2,(H,7,8)(H,9,10)(H,11,12);1H,(H,2,3);1H. The fourth-order valence-electron chi connectivity index (χ4n) is 0.714. The number of aliphatic carboxylic acids is 3. The first-order chi connectivity index (χ1) is 7.19. The first kappa shape index (κ1) is 20.5. The van der Waals surface area contributed by atoms with Gasteiger partial charge < -0.3 is 25.5 Å². The third-order valence-corrected chi connectivity index (χ3v) is 1.29. The van der Waals surface area contributed by atoms with E-state index in [-0.39, 0.29) is 18.9 Å². The fourth-order valence-corrected chi connectivity index (χ4v) is 0.714. The van der Waals surface area contributed by atoms with Crippen molar-refractivity contribution in [2.75, 3.05) is 0 Å². The van der Waals surface area contributed by atoms with E-state index in [1.54, 1.807) is 0 Å². The van der Waals surface area contributed by atoms with Crippen LogP contribution in [0.25, 0.3) is 0 Å². The molecule has 0 aliphatic rings. The van der Waals surface area contributed by atoms with Crippen LogP contribution in [0.5, 0.6) is 0 Å². The highest BCUT2D eigenvalue weighted by Gasteiger charge is 2.40. The molecule has 5 N–H and O–H groups in total. The maximum atomic E-state index is 10.3. The summed E-state index contributed by atoms with van der Waals surface area (Å²) in [7, 11) is 0. The Morgan fingerprint density at radius 1 is 1.00 bits per heavy atom. The Morgan fingerprint density at radius 3 is 1.35 bits per heavy atom. The number of halogens is 1. The Kier molecular flexibility index (Phi) is 11.3. The number of hydrogen-bond acceptors (Lipinski definition) is 5. The summed E-state index contributed by atoms with van der Waals surface area (Å²) in [5.74, 6) is -5.02. The lowest BCUT2D eigenvalue weighted by Gasteiger charge is -2.18. The molecular formula is C7H11ClO9. The Bertz CT molecular complexity index is 271. The van der Waals surface area contributed by atoms with Gasteiger partial charge in [-0.15, -0.1) is 12.4 Å². The van der Waals surface area contributed by atoms with Crippen LogP contribution in [0, 0.1) is 0 Å². The zero-order valence-corrected chi connectivity index (χ0v) is 9.09. The molecule has 0 aliphatic carbocycles. The molecule has 0 rings (SSSR count). The van der Waals surface area contributed by atoms with E-state index in [2.05, 4.69) is 0 Å². The van der Waals surface area contributed by atoms with E-state index in [1.165, 1.54) is 0 Å². The van der Waals surface area contributed by atoms with Crippen molar-refractivity contribution in [3.63, 3.8) is 0 Å². The van der Waals surface area contributed by atoms with E-state index < -0.39 is 36.4 Å². The molecule has 0 aromatic heterocycles. The van der Waals surface area contributed by atoms with Crippen LogP contribution in [0.2, 0.25) is 0 Å². The third kappa shape index (κ3) is 10.4. The Hall–Kier alpha value is -1.87. The van der Waals surface area contributed by atoms with E-state index in [0.717, 1.165) is 0 Å². The molecular weight excluding hydrogens is 264 g/mol. The Labute approximate surface area is 101 Å². The molecule has 0 amide bonds. The highest BCUT2D eigenvalue weighted by molar-refractivity contribution is 5.88. The number of carbonyl (C=O) groups is 4. The molecule has 0 atom stereocenters. The van der Waals surface area contributed by atoms with E-state index in [9.17, 15) is 14.4 Å². The molecule has 0 saturated heterocycles. The van der Waals surface area contributed by atoms with E-state index in [1.807, 2.05) is 0 Å². The quantitative estimate of drug-likeness (QED) is 0.389. The van der Waals surface area contributed by atoms with Crippen molar-refractivity contribution < 1.29 is 44.7 Å². The second kappa shape index (κ2) is 9.36. The number of carboxylic acid groups (broad SMARTS) is 4. The molecule has 0 bridgehead atoms. The van der Waals surface area contributed by atoms with E-state index >= 15 is 0 Å². The van der Waals surface area contributed by atoms with Crippen molar-refractivity contribution in [3.8, 4) is 0 Å². The third-order valence-electron chi connectivity index (χ3n) is 1.29. The van der Waals surface area contributed by atoms with Gasteiger partial charge in [0, 0.05) is 0 Å². The van der Waals surface area contributed by atoms with Gasteiger partial charge in [0.15, 0.2) is 5.60 Å². The normalized spacial score (nSPS) is 9.00. The summed E-state index contributed by atoms with van der Waals surface area (Å²) in [6.07, 6.45) is -2.29. The first-order valence-electron chi connectivity index (χ1n) is 3.66. The van der Waals surface area contributed by atoms with Crippen LogP contribution < -0.4 is 0 Å². The van der Waals surface area contributed by atoms with Crippen molar-refractivity contribution in [2.45, 2.75) is 18.4 Å². The molecule has 0 aliphatic heterocycles. The molecule has 9 nitrogen and oxygen atoms in total. The van der Waals surface area contributed by atoms with Crippen LogP contribution in [-0.2, 0) is 19.2 Å². The lowest BCUT2D eigenvalue weighted by molar-refractivity contribution is -0.170. The van der Waals surface area contributed by atoms with E-state index in [4.69, 9.17) is 30.3 Å². The molecule has 0 unspecified atom stereocenters. The summed E-state index contributed by atoms with van der Waals surface area (Å²) in [6.45, 7) is -0.250. The SMILES string of the molecule is Cl.O=C(O)CC(O)(CC(=O)O)C(=O)O.O=CO. The van der Waals surface area contributed by atoms with Gasteiger partial charge in [0.2, 0.25) is 0 Å². The monoisotopic (exact) mass is 274 g/mol. The van der Waals surface area contributed by atoms with Gasteiger partial charge >= 0.3 is 17.9 Å². The smallest absolute Gasteiger partial charge is 0.336 e. The molecule has 0 aromatic rings. The van der Waals surface area contributed by atoms with Crippen molar-refractivity contribution in [1.82, 2.24) is 0 Å². The maximum Gasteiger partial charge on any atom is 0.336 e. The minimum absolute atomic E-state index is 0. The number of hydrogen-bond donors (Lipinski definition) is 5. The molecule has 0 saturated carbocycles. The average Bonchev–Trinajstić information content (AvgIpc) is 2.01. The fraction of sp³-hybridized carbons (Fsp3) is 0.429. The van der Waals surface area contributed by atoms with Crippen molar-refractivity contribution in [1.29, 1.82) is 0 Å². The second-order valence-electron chi connectivity index (χ2n) is 2.58. The largest absolute Gasteiger partial charge is 0.483 e. The predicted octanol–water partition coefficient (Wildman–Crippen LogP) is -1.13. The van der Waals surface area contributed by atoms with Crippen molar-refractivity contribution >= 4 is 36.8 Å². The van der Waals surface area contributed by atoms with Gasteiger partial charge in [-0.25, -0.2) is 4.79 Å². The molecule has 0 fully saturated rings. The van der Waals surface area contributed by atoms with E-state index in [0.29, 0.717) is 0 Å². The van der Waals surface area contributed by atoms with Gasteiger partial charge in [-0.1, -0.05) is 0 Å². The summed E-state index contributed by atoms with van der Waals surface area (Å²) in [5, 5.41) is 40.7. The topological polar surface area (TPSA) is 169 Å². The summed E-state index contributed by atoms with van der Waals surface area (Å²) in [4.78, 5) is 38.8. The van der Waals surface area contributed by atoms with Gasteiger partial charge in [0.25, 0.3) is 6.47 Å².